The summed E-state index contributed by atoms with van der Waals surface area (Å²) in [5, 5.41) is 19.7. The Morgan fingerprint density at radius 3 is 2.70 bits per heavy atom. The van der Waals surface area contributed by atoms with E-state index < -0.39 is 22.1 Å². The highest BCUT2D eigenvalue weighted by Crippen LogP contribution is 2.34. The largest absolute Gasteiger partial charge is 0.383 e. The number of nitro benzene ring substituents is 1. The highest BCUT2D eigenvalue weighted by atomic mass is 32.2. The van der Waals surface area contributed by atoms with Crippen molar-refractivity contribution in [2.24, 2.45) is 7.05 Å². The Balaban J connectivity index is 1.99. The van der Waals surface area contributed by atoms with Gasteiger partial charge in [-0.25, -0.2) is 4.79 Å². The summed E-state index contributed by atoms with van der Waals surface area (Å²) in [6, 6.07) is 3.95. The second kappa shape index (κ2) is 9.68. The van der Waals surface area contributed by atoms with Crippen molar-refractivity contribution in [1.29, 1.82) is 0 Å². The van der Waals surface area contributed by atoms with Crippen molar-refractivity contribution in [3.63, 3.8) is 0 Å². The van der Waals surface area contributed by atoms with Crippen LogP contribution in [0.25, 0.3) is 0 Å². The molecule has 0 atom stereocenters. The molecule has 1 aromatic carbocycles. The van der Waals surface area contributed by atoms with Gasteiger partial charge in [0.25, 0.3) is 17.2 Å². The van der Waals surface area contributed by atoms with Gasteiger partial charge in [-0.1, -0.05) is 13.3 Å². The van der Waals surface area contributed by atoms with Crippen LogP contribution in [0, 0.1) is 10.1 Å². The standard InChI is InChI=1S/C19H22N8O5S/c1-4-5-8-26-15(20)14(16(28)22-18(26)30)25(3)17(29)11-6-7-13(12(9-11)27(31)32)33-19-23-21-10-24(19)2/h6-7,9-10H,4-5,8,20H2,1-3H3,(H,22,28,30). The number of rotatable bonds is 8. The van der Waals surface area contributed by atoms with Crippen molar-refractivity contribution in [1.82, 2.24) is 24.3 Å². The van der Waals surface area contributed by atoms with Gasteiger partial charge in [-0.3, -0.25) is 29.3 Å². The van der Waals surface area contributed by atoms with Crippen LogP contribution in [-0.2, 0) is 13.6 Å². The van der Waals surface area contributed by atoms with Crippen LogP contribution in [0.5, 0.6) is 0 Å². The van der Waals surface area contributed by atoms with E-state index in [0.717, 1.165) is 29.1 Å². The minimum Gasteiger partial charge on any atom is -0.383 e. The highest BCUT2D eigenvalue weighted by Gasteiger charge is 2.25. The van der Waals surface area contributed by atoms with Gasteiger partial charge in [0.15, 0.2) is 10.8 Å². The summed E-state index contributed by atoms with van der Waals surface area (Å²) in [6.45, 7) is 2.20. The molecule has 0 unspecified atom stereocenters. The molecule has 0 radical (unpaired) electrons. The van der Waals surface area contributed by atoms with Crippen molar-refractivity contribution in [3.8, 4) is 0 Å². The molecule has 1 amide bonds. The molecule has 174 valence electrons. The average Bonchev–Trinajstić information content (AvgIpc) is 3.17. The van der Waals surface area contributed by atoms with E-state index in [9.17, 15) is 24.5 Å². The van der Waals surface area contributed by atoms with E-state index in [-0.39, 0.29) is 34.2 Å². The maximum Gasteiger partial charge on any atom is 0.330 e. The minimum atomic E-state index is -0.829. The van der Waals surface area contributed by atoms with E-state index in [2.05, 4.69) is 15.2 Å². The molecule has 0 aliphatic carbocycles. The monoisotopic (exact) mass is 474 g/mol. The third kappa shape index (κ3) is 4.79. The lowest BCUT2D eigenvalue weighted by Gasteiger charge is -2.20. The number of nitrogens with one attached hydrogen (secondary N) is 1. The number of amides is 1. The molecule has 3 aromatic rings. The van der Waals surface area contributed by atoms with Crippen molar-refractivity contribution >= 4 is 34.9 Å². The predicted octanol–water partition coefficient (Wildman–Crippen LogP) is 1.38. The maximum absolute atomic E-state index is 13.1. The Kier molecular flexibility index (Phi) is 6.96. The van der Waals surface area contributed by atoms with E-state index in [0.29, 0.717) is 11.6 Å². The number of anilines is 2. The van der Waals surface area contributed by atoms with Gasteiger partial charge in [0.2, 0.25) is 0 Å². The summed E-state index contributed by atoms with van der Waals surface area (Å²) in [5.41, 5.74) is 4.01. The molecular formula is C19H22N8O5S. The fraction of sp³-hybridized carbons (Fsp3) is 0.316. The fourth-order valence-electron chi connectivity index (χ4n) is 3.08. The molecule has 3 N–H and O–H groups in total. The quantitative estimate of drug-likeness (QED) is 0.361. The van der Waals surface area contributed by atoms with Crippen molar-refractivity contribution in [2.75, 3.05) is 17.7 Å². The van der Waals surface area contributed by atoms with Crippen LogP contribution in [0.2, 0.25) is 0 Å². The number of nitrogens with zero attached hydrogens (tertiary/aromatic N) is 6. The number of carbonyl (C=O) groups excluding carboxylic acids is 1. The van der Waals surface area contributed by atoms with Gasteiger partial charge in [0.05, 0.1) is 9.82 Å². The summed E-state index contributed by atoms with van der Waals surface area (Å²) < 4.78 is 2.79. The Bertz CT molecular complexity index is 1330. The van der Waals surface area contributed by atoms with E-state index in [1.54, 1.807) is 11.6 Å². The molecule has 0 bridgehead atoms. The topological polar surface area (TPSA) is 175 Å². The molecule has 0 saturated carbocycles. The third-order valence-corrected chi connectivity index (χ3v) is 5.98. The van der Waals surface area contributed by atoms with Crippen LogP contribution >= 0.6 is 11.8 Å². The average molecular weight is 475 g/mol. The van der Waals surface area contributed by atoms with Crippen LogP contribution in [0.1, 0.15) is 30.1 Å². The molecule has 2 heterocycles. The van der Waals surface area contributed by atoms with E-state index in [1.807, 2.05) is 6.92 Å². The van der Waals surface area contributed by atoms with Crippen LogP contribution in [-0.4, -0.2) is 42.2 Å². The van der Waals surface area contributed by atoms with Crippen molar-refractivity contribution in [3.05, 3.63) is 61.0 Å². The first-order valence-corrected chi connectivity index (χ1v) is 10.7. The van der Waals surface area contributed by atoms with Gasteiger partial charge in [-0.2, -0.15) is 0 Å². The number of aryl methyl sites for hydroxylation is 1. The molecule has 0 spiro atoms. The van der Waals surface area contributed by atoms with Crippen LogP contribution < -0.4 is 21.9 Å². The number of H-pyrrole nitrogens is 1. The number of hydrogen-bond acceptors (Lipinski definition) is 9. The highest BCUT2D eigenvalue weighted by molar-refractivity contribution is 7.99. The molecule has 0 fully saturated rings. The number of nitrogen functional groups attached to an aromatic ring is 1. The zero-order chi connectivity index (χ0) is 24.3. The lowest BCUT2D eigenvalue weighted by molar-refractivity contribution is -0.387. The molecule has 0 saturated heterocycles. The third-order valence-electron chi connectivity index (χ3n) is 4.86. The zero-order valence-corrected chi connectivity index (χ0v) is 19.0. The number of hydrogen-bond donors (Lipinski definition) is 2. The zero-order valence-electron chi connectivity index (χ0n) is 18.1. The van der Waals surface area contributed by atoms with Gasteiger partial charge in [-0.05, 0) is 30.3 Å². The summed E-state index contributed by atoms with van der Waals surface area (Å²) in [7, 11) is 3.01. The van der Waals surface area contributed by atoms with E-state index >= 15 is 0 Å². The number of unbranched alkanes of at least 4 members (excludes halogenated alkanes) is 1. The lowest BCUT2D eigenvalue weighted by Crippen LogP contribution is -2.39. The number of nitro groups is 1. The molecule has 0 aliphatic rings. The number of nitrogens with two attached hydrogens (primary N) is 1. The maximum atomic E-state index is 13.1. The van der Waals surface area contributed by atoms with Crippen molar-refractivity contribution in [2.45, 2.75) is 36.4 Å². The van der Waals surface area contributed by atoms with Crippen LogP contribution in [0.3, 0.4) is 0 Å². The van der Waals surface area contributed by atoms with E-state index in [4.69, 9.17) is 5.73 Å². The first-order valence-electron chi connectivity index (χ1n) is 9.86. The molecule has 0 aliphatic heterocycles. The van der Waals surface area contributed by atoms with Crippen molar-refractivity contribution < 1.29 is 9.72 Å². The smallest absolute Gasteiger partial charge is 0.330 e. The van der Waals surface area contributed by atoms with Gasteiger partial charge < -0.3 is 15.2 Å². The molecule has 3 rings (SSSR count). The number of benzene rings is 1. The Labute approximate surface area is 191 Å². The predicted molar refractivity (Wildman–Crippen MR) is 122 cm³/mol. The second-order valence-electron chi connectivity index (χ2n) is 7.13. The summed E-state index contributed by atoms with van der Waals surface area (Å²) in [4.78, 5) is 52.1. The normalized spacial score (nSPS) is 10.9. The molecule has 13 nitrogen and oxygen atoms in total. The van der Waals surface area contributed by atoms with Gasteiger partial charge in [0.1, 0.15) is 12.1 Å². The first kappa shape index (κ1) is 23.7. The second-order valence-corrected chi connectivity index (χ2v) is 8.14. The molecule has 33 heavy (non-hydrogen) atoms. The van der Waals surface area contributed by atoms with Gasteiger partial charge in [0, 0.05) is 32.3 Å². The summed E-state index contributed by atoms with van der Waals surface area (Å²) >= 11 is 1.03. The van der Waals surface area contributed by atoms with Crippen LogP contribution in [0.15, 0.2) is 44.2 Å². The number of aromatic nitrogens is 5. The summed E-state index contributed by atoms with van der Waals surface area (Å²) in [6.07, 6.45) is 2.89. The first-order chi connectivity index (χ1) is 15.6. The Morgan fingerprint density at radius 2 is 2.09 bits per heavy atom. The molecule has 2 aromatic heterocycles. The summed E-state index contributed by atoms with van der Waals surface area (Å²) in [5.74, 6) is -0.858. The fourth-order valence-corrected chi connectivity index (χ4v) is 3.93. The van der Waals surface area contributed by atoms with Gasteiger partial charge >= 0.3 is 5.69 Å². The van der Waals surface area contributed by atoms with Crippen LogP contribution in [0.4, 0.5) is 17.2 Å². The lowest BCUT2D eigenvalue weighted by atomic mass is 10.1. The Hall–Kier alpha value is -3.94. The van der Waals surface area contributed by atoms with Gasteiger partial charge in [-0.15, -0.1) is 10.2 Å². The SMILES string of the molecule is CCCCn1c(N)c(N(C)C(=O)c2ccc(Sc3nncn3C)c([N+](=O)[O-])c2)c(=O)[nH]c1=O. The Morgan fingerprint density at radius 1 is 1.36 bits per heavy atom. The minimum absolute atomic E-state index is 0.0309. The molecular weight excluding hydrogens is 452 g/mol. The number of aromatic amines is 1. The number of carbonyl (C=O) groups is 1. The molecule has 14 heteroatoms. The van der Waals surface area contributed by atoms with E-state index in [1.165, 1.54) is 30.1 Å².